The minimum atomic E-state index is -0.909. The van der Waals surface area contributed by atoms with Gasteiger partial charge in [0.25, 0.3) is 0 Å². The molecule has 0 amide bonds. The van der Waals surface area contributed by atoms with Crippen molar-refractivity contribution in [2.24, 2.45) is 0 Å². The molecule has 2 aromatic carbocycles. The van der Waals surface area contributed by atoms with Crippen LogP contribution in [0.2, 0.25) is 5.02 Å². The number of aliphatic carboxylic acids is 1. The number of thiocarbonyl (C=S) groups is 1. The first kappa shape index (κ1) is 11.4. The van der Waals surface area contributed by atoms with E-state index < -0.39 is 5.97 Å². The molecule has 0 aliphatic carbocycles. The Morgan fingerprint density at radius 2 is 2.11 bits per heavy atom. The van der Waals surface area contributed by atoms with Gasteiger partial charge in [0.05, 0.1) is 5.69 Å². The second kappa shape index (κ2) is 3.93. The van der Waals surface area contributed by atoms with E-state index in [-0.39, 0.29) is 6.54 Å². The highest BCUT2D eigenvalue weighted by atomic mass is 35.5. The molecule has 1 aliphatic rings. The van der Waals surface area contributed by atoms with Crippen LogP contribution in [0, 0.1) is 0 Å². The molecular formula is C13H8ClNO2S. The Labute approximate surface area is 114 Å². The van der Waals surface area contributed by atoms with Crippen molar-refractivity contribution in [3.05, 3.63) is 40.9 Å². The van der Waals surface area contributed by atoms with Gasteiger partial charge in [-0.15, -0.1) is 0 Å². The summed E-state index contributed by atoms with van der Waals surface area (Å²) in [5, 5.41) is 11.4. The van der Waals surface area contributed by atoms with Crippen LogP contribution in [-0.4, -0.2) is 22.6 Å². The third kappa shape index (κ3) is 1.50. The highest BCUT2D eigenvalue weighted by molar-refractivity contribution is 7.81. The van der Waals surface area contributed by atoms with Crippen molar-refractivity contribution in [2.45, 2.75) is 0 Å². The van der Waals surface area contributed by atoms with Crippen LogP contribution in [0.4, 0.5) is 5.69 Å². The molecule has 0 fully saturated rings. The van der Waals surface area contributed by atoms with E-state index in [9.17, 15) is 4.79 Å². The average molecular weight is 278 g/mol. The van der Waals surface area contributed by atoms with Crippen LogP contribution in [0.15, 0.2) is 30.3 Å². The molecule has 1 heterocycles. The molecule has 0 unspecified atom stereocenters. The predicted molar refractivity (Wildman–Crippen MR) is 75.6 cm³/mol. The SMILES string of the molecule is O=C(O)CN1C(=S)c2cccc3c(Cl)ccc1c23. The number of carboxylic acids is 1. The number of hydrogen-bond donors (Lipinski definition) is 1. The molecule has 0 atom stereocenters. The Morgan fingerprint density at radius 3 is 2.83 bits per heavy atom. The Morgan fingerprint density at radius 1 is 1.33 bits per heavy atom. The van der Waals surface area contributed by atoms with Gasteiger partial charge in [-0.1, -0.05) is 42.0 Å². The zero-order valence-electron chi connectivity index (χ0n) is 9.18. The number of carboxylic acid groups (broad SMARTS) is 1. The van der Waals surface area contributed by atoms with Gasteiger partial charge in [0.2, 0.25) is 0 Å². The topological polar surface area (TPSA) is 40.5 Å². The summed E-state index contributed by atoms with van der Waals surface area (Å²) in [5.41, 5.74) is 1.69. The highest BCUT2D eigenvalue weighted by Crippen LogP contribution is 2.40. The number of anilines is 1. The Balaban J connectivity index is 2.30. The quantitative estimate of drug-likeness (QED) is 0.857. The fourth-order valence-corrected chi connectivity index (χ4v) is 2.86. The fraction of sp³-hybridized carbons (Fsp3) is 0.0769. The number of rotatable bonds is 2. The van der Waals surface area contributed by atoms with E-state index in [1.807, 2.05) is 24.3 Å². The van der Waals surface area contributed by atoms with Crippen LogP contribution in [0.25, 0.3) is 10.8 Å². The fourth-order valence-electron chi connectivity index (χ4n) is 2.30. The molecule has 0 bridgehead atoms. The van der Waals surface area contributed by atoms with E-state index in [4.69, 9.17) is 28.9 Å². The molecule has 3 nitrogen and oxygen atoms in total. The van der Waals surface area contributed by atoms with Crippen molar-refractivity contribution in [1.82, 2.24) is 0 Å². The summed E-state index contributed by atoms with van der Waals surface area (Å²) >= 11 is 11.5. The van der Waals surface area contributed by atoms with Gasteiger partial charge in [0, 0.05) is 21.4 Å². The van der Waals surface area contributed by atoms with Crippen molar-refractivity contribution in [1.29, 1.82) is 0 Å². The lowest BCUT2D eigenvalue weighted by Crippen LogP contribution is -2.31. The van der Waals surface area contributed by atoms with E-state index in [1.165, 1.54) is 0 Å². The number of nitrogens with zero attached hydrogens (tertiary/aromatic N) is 1. The number of hydrogen-bond acceptors (Lipinski definition) is 2. The first-order chi connectivity index (χ1) is 8.59. The lowest BCUT2D eigenvalue weighted by atomic mass is 10.1. The molecule has 0 radical (unpaired) electrons. The zero-order chi connectivity index (χ0) is 12.9. The van der Waals surface area contributed by atoms with Gasteiger partial charge in [0.1, 0.15) is 11.5 Å². The Bertz CT molecular complexity index is 699. The molecule has 0 aromatic heterocycles. The van der Waals surface area contributed by atoms with Crippen LogP contribution in [0.5, 0.6) is 0 Å². The van der Waals surface area contributed by atoms with Gasteiger partial charge in [-0.25, -0.2) is 0 Å². The molecule has 0 saturated carbocycles. The van der Waals surface area contributed by atoms with Crippen molar-refractivity contribution >= 4 is 51.2 Å². The maximum atomic E-state index is 10.9. The molecule has 2 aromatic rings. The number of carbonyl (C=O) groups is 1. The van der Waals surface area contributed by atoms with Gasteiger partial charge in [0.15, 0.2) is 0 Å². The predicted octanol–water partition coefficient (Wildman–Crippen LogP) is 3.07. The Kier molecular flexibility index (Phi) is 2.50. The summed E-state index contributed by atoms with van der Waals surface area (Å²) < 4.78 is 0. The molecule has 18 heavy (non-hydrogen) atoms. The lowest BCUT2D eigenvalue weighted by Gasteiger charge is -2.17. The summed E-state index contributed by atoms with van der Waals surface area (Å²) in [5.74, 6) is -0.909. The smallest absolute Gasteiger partial charge is 0.323 e. The van der Waals surface area contributed by atoms with Crippen molar-refractivity contribution in [2.75, 3.05) is 11.4 Å². The summed E-state index contributed by atoms with van der Waals surface area (Å²) in [6.07, 6.45) is 0. The maximum absolute atomic E-state index is 10.9. The minimum Gasteiger partial charge on any atom is -0.480 e. The second-order valence-corrected chi connectivity index (χ2v) is 4.87. The van der Waals surface area contributed by atoms with E-state index >= 15 is 0 Å². The van der Waals surface area contributed by atoms with Gasteiger partial charge < -0.3 is 10.0 Å². The molecule has 1 N–H and O–H groups in total. The highest BCUT2D eigenvalue weighted by Gasteiger charge is 2.28. The molecule has 90 valence electrons. The van der Waals surface area contributed by atoms with E-state index in [1.54, 1.807) is 11.0 Å². The molecule has 3 rings (SSSR count). The lowest BCUT2D eigenvalue weighted by molar-refractivity contribution is -0.135. The zero-order valence-corrected chi connectivity index (χ0v) is 10.8. The molecule has 0 spiro atoms. The monoisotopic (exact) mass is 277 g/mol. The van der Waals surface area contributed by atoms with Gasteiger partial charge in [-0.05, 0) is 12.1 Å². The van der Waals surface area contributed by atoms with Crippen LogP contribution in [0.1, 0.15) is 5.56 Å². The maximum Gasteiger partial charge on any atom is 0.323 e. The van der Waals surface area contributed by atoms with Crippen molar-refractivity contribution < 1.29 is 9.90 Å². The standard InChI is InChI=1S/C13H8ClNO2S/c14-9-4-5-10-12-7(9)2-1-3-8(12)13(18)15(10)6-11(16)17/h1-5H,6H2,(H,16,17). The number of halogens is 1. The van der Waals surface area contributed by atoms with Crippen LogP contribution >= 0.6 is 23.8 Å². The molecule has 0 saturated heterocycles. The first-order valence-electron chi connectivity index (χ1n) is 5.34. The van der Waals surface area contributed by atoms with Crippen LogP contribution in [0.3, 0.4) is 0 Å². The molecule has 5 heteroatoms. The summed E-state index contributed by atoms with van der Waals surface area (Å²) in [6.45, 7) is -0.135. The summed E-state index contributed by atoms with van der Waals surface area (Å²) in [4.78, 5) is 13.1. The normalized spacial score (nSPS) is 13.4. The average Bonchev–Trinajstić information content (AvgIpc) is 2.60. The van der Waals surface area contributed by atoms with Gasteiger partial charge >= 0.3 is 5.97 Å². The third-order valence-corrected chi connectivity index (χ3v) is 3.80. The van der Waals surface area contributed by atoms with Gasteiger partial charge in [-0.3, -0.25) is 4.79 Å². The van der Waals surface area contributed by atoms with Crippen molar-refractivity contribution in [3.8, 4) is 0 Å². The molecule has 1 aliphatic heterocycles. The summed E-state index contributed by atoms with van der Waals surface area (Å²) in [6, 6.07) is 9.27. The third-order valence-electron chi connectivity index (χ3n) is 3.03. The minimum absolute atomic E-state index is 0.135. The number of benzene rings is 2. The van der Waals surface area contributed by atoms with E-state index in [2.05, 4.69) is 0 Å². The van der Waals surface area contributed by atoms with Crippen molar-refractivity contribution in [3.63, 3.8) is 0 Å². The van der Waals surface area contributed by atoms with Gasteiger partial charge in [-0.2, -0.15) is 0 Å². The summed E-state index contributed by atoms with van der Waals surface area (Å²) in [7, 11) is 0. The first-order valence-corrected chi connectivity index (χ1v) is 6.13. The van der Waals surface area contributed by atoms with E-state index in [0.717, 1.165) is 22.0 Å². The van der Waals surface area contributed by atoms with E-state index in [0.29, 0.717) is 10.0 Å². The largest absolute Gasteiger partial charge is 0.480 e. The second-order valence-electron chi connectivity index (χ2n) is 4.08. The molecular weight excluding hydrogens is 270 g/mol. The van der Waals surface area contributed by atoms with Crippen LogP contribution in [-0.2, 0) is 4.79 Å². The van der Waals surface area contributed by atoms with Crippen LogP contribution < -0.4 is 4.90 Å². The Hall–Kier alpha value is -1.65.